The highest BCUT2D eigenvalue weighted by atomic mass is 32.2. The molecule has 0 radical (unpaired) electrons. The summed E-state index contributed by atoms with van der Waals surface area (Å²) in [5.41, 5.74) is 0.337. The van der Waals surface area contributed by atoms with Crippen molar-refractivity contribution in [3.05, 3.63) is 40.8 Å². The number of carbonyl (C=O) groups excluding carboxylic acids is 1. The van der Waals surface area contributed by atoms with Crippen molar-refractivity contribution in [3.8, 4) is 5.75 Å². The molecular formula is C13H11N5O3S2. The average Bonchev–Trinajstić information content (AvgIpc) is 2.98. The third-order valence-electron chi connectivity index (χ3n) is 2.76. The van der Waals surface area contributed by atoms with E-state index in [0.717, 1.165) is 11.9 Å². The molecule has 23 heavy (non-hydrogen) atoms. The maximum atomic E-state index is 11.9. The monoisotopic (exact) mass is 349 g/mol. The van der Waals surface area contributed by atoms with Crippen LogP contribution >= 0.6 is 23.1 Å². The molecule has 0 fully saturated rings. The Morgan fingerprint density at radius 1 is 1.39 bits per heavy atom. The van der Waals surface area contributed by atoms with Gasteiger partial charge in [-0.3, -0.25) is 9.59 Å². The standard InChI is InChI=1S/C13H11N5O3S2/c1-21-9-4-2-8(3-5-9)15-10(19)7-22-13-17-18-11(20)6-14-16-12(18)23-13/h2-6H,7H2,1H3,(H,15,19). The van der Waals surface area contributed by atoms with Crippen LogP contribution in [0.25, 0.3) is 4.96 Å². The highest BCUT2D eigenvalue weighted by Crippen LogP contribution is 2.23. The van der Waals surface area contributed by atoms with Crippen molar-refractivity contribution < 1.29 is 9.53 Å². The number of thioether (sulfide) groups is 1. The van der Waals surface area contributed by atoms with E-state index in [9.17, 15) is 9.59 Å². The van der Waals surface area contributed by atoms with E-state index in [0.29, 0.717) is 15.0 Å². The van der Waals surface area contributed by atoms with Gasteiger partial charge in [0.1, 0.15) is 11.9 Å². The van der Waals surface area contributed by atoms with Crippen molar-refractivity contribution in [1.29, 1.82) is 0 Å². The Bertz CT molecular complexity index is 891. The second kappa shape index (κ2) is 6.75. The summed E-state index contributed by atoms with van der Waals surface area (Å²) in [6.07, 6.45) is 1.09. The molecule has 1 N–H and O–H groups in total. The molecule has 118 valence electrons. The number of rotatable bonds is 5. The lowest BCUT2D eigenvalue weighted by atomic mass is 10.3. The Morgan fingerprint density at radius 2 is 2.17 bits per heavy atom. The number of carbonyl (C=O) groups is 1. The Labute approximate surface area is 138 Å². The first-order chi connectivity index (χ1) is 11.2. The maximum absolute atomic E-state index is 11.9. The lowest BCUT2D eigenvalue weighted by molar-refractivity contribution is -0.113. The van der Waals surface area contributed by atoms with Crippen molar-refractivity contribution in [2.75, 3.05) is 18.2 Å². The van der Waals surface area contributed by atoms with Crippen LogP contribution in [-0.2, 0) is 4.79 Å². The number of amides is 1. The van der Waals surface area contributed by atoms with Gasteiger partial charge in [0.2, 0.25) is 10.9 Å². The molecule has 0 saturated heterocycles. The molecular weight excluding hydrogens is 338 g/mol. The topological polar surface area (TPSA) is 98.5 Å². The van der Waals surface area contributed by atoms with Crippen LogP contribution in [0.5, 0.6) is 5.75 Å². The fourth-order valence-corrected chi connectivity index (χ4v) is 3.40. The van der Waals surface area contributed by atoms with Gasteiger partial charge in [-0.2, -0.15) is 9.61 Å². The summed E-state index contributed by atoms with van der Waals surface area (Å²) >= 11 is 2.44. The second-order valence-electron chi connectivity index (χ2n) is 4.31. The van der Waals surface area contributed by atoms with Gasteiger partial charge in [0.15, 0.2) is 4.34 Å². The summed E-state index contributed by atoms with van der Waals surface area (Å²) in [6, 6.07) is 7.05. The Morgan fingerprint density at radius 3 is 2.87 bits per heavy atom. The number of anilines is 1. The number of fused-ring (bicyclic) bond motifs is 1. The molecule has 1 amide bonds. The smallest absolute Gasteiger partial charge is 0.293 e. The summed E-state index contributed by atoms with van der Waals surface area (Å²) in [5, 5.41) is 14.3. The van der Waals surface area contributed by atoms with Crippen molar-refractivity contribution in [1.82, 2.24) is 19.8 Å². The quantitative estimate of drug-likeness (QED) is 0.693. The molecule has 1 aromatic carbocycles. The summed E-state index contributed by atoms with van der Waals surface area (Å²) in [6.45, 7) is 0. The van der Waals surface area contributed by atoms with E-state index >= 15 is 0 Å². The molecule has 0 bridgehead atoms. The number of methoxy groups -OCH3 is 1. The molecule has 0 unspecified atom stereocenters. The van der Waals surface area contributed by atoms with Crippen LogP contribution in [0.15, 0.2) is 39.6 Å². The van der Waals surface area contributed by atoms with E-state index in [4.69, 9.17) is 4.74 Å². The summed E-state index contributed by atoms with van der Waals surface area (Å²) in [5.74, 6) is 0.727. The van der Waals surface area contributed by atoms with E-state index < -0.39 is 0 Å². The molecule has 3 rings (SSSR count). The van der Waals surface area contributed by atoms with Crippen LogP contribution < -0.4 is 15.6 Å². The zero-order valence-electron chi connectivity index (χ0n) is 11.9. The van der Waals surface area contributed by atoms with Crippen LogP contribution in [0.1, 0.15) is 0 Å². The molecule has 8 nitrogen and oxygen atoms in total. The van der Waals surface area contributed by atoms with Gasteiger partial charge in [-0.05, 0) is 24.3 Å². The van der Waals surface area contributed by atoms with E-state index in [-0.39, 0.29) is 17.2 Å². The number of ether oxygens (including phenoxy) is 1. The number of nitrogens with one attached hydrogen (secondary N) is 1. The first kappa shape index (κ1) is 15.4. The third kappa shape index (κ3) is 3.66. The zero-order chi connectivity index (χ0) is 16.2. The van der Waals surface area contributed by atoms with Gasteiger partial charge in [-0.1, -0.05) is 23.1 Å². The van der Waals surface area contributed by atoms with Crippen molar-refractivity contribution >= 4 is 39.7 Å². The minimum atomic E-state index is -0.346. The van der Waals surface area contributed by atoms with Gasteiger partial charge in [-0.15, -0.1) is 10.2 Å². The molecule has 10 heteroatoms. The van der Waals surface area contributed by atoms with E-state index in [1.54, 1.807) is 31.4 Å². The third-order valence-corrected chi connectivity index (χ3v) is 4.79. The van der Waals surface area contributed by atoms with E-state index in [1.807, 2.05) is 0 Å². The summed E-state index contributed by atoms with van der Waals surface area (Å²) in [7, 11) is 1.58. The number of nitrogens with zero attached hydrogens (tertiary/aromatic N) is 4. The Hall–Kier alpha value is -2.46. The summed E-state index contributed by atoms with van der Waals surface area (Å²) < 4.78 is 6.80. The van der Waals surface area contributed by atoms with Gasteiger partial charge in [0.05, 0.1) is 12.9 Å². The van der Waals surface area contributed by atoms with Crippen LogP contribution in [-0.4, -0.2) is 38.6 Å². The molecule has 0 saturated carbocycles. The SMILES string of the molecule is COc1ccc(NC(=O)CSc2nn3c(=O)cnnc3s2)cc1. The molecule has 2 heterocycles. The number of aromatic nitrogens is 4. The zero-order valence-corrected chi connectivity index (χ0v) is 13.6. The van der Waals surface area contributed by atoms with Crippen LogP contribution in [0.2, 0.25) is 0 Å². The largest absolute Gasteiger partial charge is 0.497 e. The number of hydrogen-bond donors (Lipinski definition) is 1. The molecule has 3 aromatic rings. The van der Waals surface area contributed by atoms with Gasteiger partial charge in [0, 0.05) is 5.69 Å². The normalized spacial score (nSPS) is 10.7. The molecule has 0 aliphatic heterocycles. The van der Waals surface area contributed by atoms with Crippen LogP contribution in [0.3, 0.4) is 0 Å². The maximum Gasteiger partial charge on any atom is 0.293 e. The minimum absolute atomic E-state index is 0.169. The predicted octanol–water partition coefficient (Wildman–Crippen LogP) is 1.29. The average molecular weight is 349 g/mol. The highest BCUT2D eigenvalue weighted by Gasteiger charge is 2.10. The lowest BCUT2D eigenvalue weighted by Crippen LogP contribution is -2.15. The first-order valence-corrected chi connectivity index (χ1v) is 8.24. The van der Waals surface area contributed by atoms with Gasteiger partial charge < -0.3 is 10.1 Å². The van der Waals surface area contributed by atoms with E-state index in [1.165, 1.54) is 27.6 Å². The lowest BCUT2D eigenvalue weighted by Gasteiger charge is -2.05. The second-order valence-corrected chi connectivity index (χ2v) is 6.49. The van der Waals surface area contributed by atoms with Crippen LogP contribution in [0.4, 0.5) is 5.69 Å². The Balaban J connectivity index is 1.61. The molecule has 0 aliphatic carbocycles. The predicted molar refractivity (Wildman–Crippen MR) is 87.3 cm³/mol. The minimum Gasteiger partial charge on any atom is -0.497 e. The fourth-order valence-electron chi connectivity index (χ4n) is 1.71. The summed E-state index contributed by atoms with van der Waals surface area (Å²) in [4.78, 5) is 23.9. The molecule has 0 aliphatic rings. The van der Waals surface area contributed by atoms with Gasteiger partial charge in [-0.25, -0.2) is 0 Å². The fraction of sp³-hybridized carbons (Fsp3) is 0.154. The Kier molecular flexibility index (Phi) is 4.53. The first-order valence-electron chi connectivity index (χ1n) is 6.44. The van der Waals surface area contributed by atoms with Gasteiger partial charge in [0.25, 0.3) is 5.56 Å². The van der Waals surface area contributed by atoms with Crippen molar-refractivity contribution in [2.24, 2.45) is 0 Å². The molecule has 0 atom stereocenters. The van der Waals surface area contributed by atoms with Crippen molar-refractivity contribution in [2.45, 2.75) is 4.34 Å². The highest BCUT2D eigenvalue weighted by molar-refractivity contribution is 8.01. The molecule has 0 spiro atoms. The van der Waals surface area contributed by atoms with Crippen LogP contribution in [0, 0.1) is 0 Å². The number of benzene rings is 1. The van der Waals surface area contributed by atoms with E-state index in [2.05, 4.69) is 20.6 Å². The number of hydrogen-bond acceptors (Lipinski definition) is 8. The van der Waals surface area contributed by atoms with Crippen molar-refractivity contribution in [3.63, 3.8) is 0 Å². The molecule has 2 aromatic heterocycles. The van der Waals surface area contributed by atoms with Gasteiger partial charge >= 0.3 is 0 Å².